The number of benzene rings is 2. The Kier molecular flexibility index (Phi) is 5.30. The molecular weight excluding hydrogens is 320 g/mol. The molecule has 0 aromatic heterocycles. The highest BCUT2D eigenvalue weighted by Crippen LogP contribution is 2.24. The maximum absolute atomic E-state index is 12.4. The zero-order valence-electron chi connectivity index (χ0n) is 14.0. The number of hydrogen-bond acceptors (Lipinski definition) is 4. The fourth-order valence-electron chi connectivity index (χ4n) is 2.64. The van der Waals surface area contributed by atoms with Crippen molar-refractivity contribution in [3.63, 3.8) is 0 Å². The Hall–Kier alpha value is -2.86. The van der Waals surface area contributed by atoms with E-state index >= 15 is 0 Å². The Morgan fingerprint density at radius 1 is 1.04 bits per heavy atom. The summed E-state index contributed by atoms with van der Waals surface area (Å²) < 4.78 is 10.5. The van der Waals surface area contributed by atoms with Crippen LogP contribution in [0.25, 0.3) is 0 Å². The monoisotopic (exact) mass is 340 g/mol. The molecule has 2 aromatic rings. The van der Waals surface area contributed by atoms with E-state index in [1.54, 1.807) is 55.6 Å². The van der Waals surface area contributed by atoms with Gasteiger partial charge in [0.15, 0.2) is 0 Å². The second kappa shape index (κ2) is 7.81. The molecule has 1 saturated heterocycles. The van der Waals surface area contributed by atoms with Crippen LogP contribution in [0.1, 0.15) is 23.2 Å². The quantitative estimate of drug-likeness (QED) is 0.877. The van der Waals surface area contributed by atoms with Gasteiger partial charge in [0.1, 0.15) is 11.9 Å². The summed E-state index contributed by atoms with van der Waals surface area (Å²) in [6.45, 7) is 0.605. The molecular formula is C19H20N2O4. The third-order valence-electron chi connectivity index (χ3n) is 4.01. The fourth-order valence-corrected chi connectivity index (χ4v) is 2.64. The van der Waals surface area contributed by atoms with E-state index in [2.05, 4.69) is 10.6 Å². The molecule has 0 radical (unpaired) electrons. The van der Waals surface area contributed by atoms with Gasteiger partial charge in [0.05, 0.1) is 18.5 Å². The Morgan fingerprint density at radius 3 is 2.32 bits per heavy atom. The lowest BCUT2D eigenvalue weighted by atomic mass is 10.2. The number of anilines is 2. The summed E-state index contributed by atoms with van der Waals surface area (Å²) in [4.78, 5) is 24.6. The van der Waals surface area contributed by atoms with Crippen molar-refractivity contribution in [2.24, 2.45) is 0 Å². The molecule has 3 rings (SSSR count). The second-order valence-corrected chi connectivity index (χ2v) is 5.72. The molecule has 1 heterocycles. The first-order chi connectivity index (χ1) is 12.2. The molecule has 1 atom stereocenters. The van der Waals surface area contributed by atoms with Gasteiger partial charge in [0.2, 0.25) is 0 Å². The van der Waals surface area contributed by atoms with Crippen LogP contribution in [0.3, 0.4) is 0 Å². The van der Waals surface area contributed by atoms with Gasteiger partial charge in [-0.3, -0.25) is 9.59 Å². The first-order valence-corrected chi connectivity index (χ1v) is 8.14. The van der Waals surface area contributed by atoms with Gasteiger partial charge in [-0.15, -0.1) is 0 Å². The molecule has 1 unspecified atom stereocenters. The van der Waals surface area contributed by atoms with E-state index in [4.69, 9.17) is 9.47 Å². The summed E-state index contributed by atoms with van der Waals surface area (Å²) in [6, 6.07) is 13.9. The molecule has 2 amide bonds. The van der Waals surface area contributed by atoms with E-state index in [-0.39, 0.29) is 11.8 Å². The van der Waals surface area contributed by atoms with E-state index in [0.29, 0.717) is 35.7 Å². The molecule has 1 fully saturated rings. The lowest BCUT2D eigenvalue weighted by molar-refractivity contribution is -0.124. The van der Waals surface area contributed by atoms with Crippen LogP contribution in [0.5, 0.6) is 5.75 Å². The molecule has 2 N–H and O–H groups in total. The van der Waals surface area contributed by atoms with Crippen LogP contribution in [-0.4, -0.2) is 31.6 Å². The van der Waals surface area contributed by atoms with E-state index in [1.165, 1.54) is 0 Å². The van der Waals surface area contributed by atoms with E-state index < -0.39 is 6.10 Å². The van der Waals surface area contributed by atoms with Crippen LogP contribution in [0.4, 0.5) is 11.4 Å². The average molecular weight is 340 g/mol. The highest BCUT2D eigenvalue weighted by Gasteiger charge is 2.24. The van der Waals surface area contributed by atoms with Crippen LogP contribution in [0, 0.1) is 0 Å². The molecule has 130 valence electrons. The zero-order chi connectivity index (χ0) is 17.6. The highest BCUT2D eigenvalue weighted by atomic mass is 16.5. The molecule has 0 spiro atoms. The third kappa shape index (κ3) is 4.16. The molecule has 25 heavy (non-hydrogen) atoms. The van der Waals surface area contributed by atoms with Gasteiger partial charge >= 0.3 is 0 Å². The SMILES string of the molecule is COc1ccc(C(=O)Nc2ccccc2NC(=O)C2CCCO2)cc1. The number of ether oxygens (including phenoxy) is 2. The number of para-hydroxylation sites is 2. The average Bonchev–Trinajstić information content (AvgIpc) is 3.18. The van der Waals surface area contributed by atoms with Crippen LogP contribution in [0.2, 0.25) is 0 Å². The topological polar surface area (TPSA) is 76.7 Å². The van der Waals surface area contributed by atoms with Gasteiger partial charge in [-0.05, 0) is 49.2 Å². The third-order valence-corrected chi connectivity index (χ3v) is 4.01. The summed E-state index contributed by atoms with van der Waals surface area (Å²) in [7, 11) is 1.57. The Labute approximate surface area is 146 Å². The van der Waals surface area contributed by atoms with Crippen LogP contribution < -0.4 is 15.4 Å². The van der Waals surface area contributed by atoms with Crippen molar-refractivity contribution in [2.75, 3.05) is 24.4 Å². The van der Waals surface area contributed by atoms with Crippen molar-refractivity contribution >= 4 is 23.2 Å². The normalized spacial score (nSPS) is 16.3. The maximum atomic E-state index is 12.4. The lowest BCUT2D eigenvalue weighted by Crippen LogP contribution is -2.27. The van der Waals surface area contributed by atoms with Crippen molar-refractivity contribution in [2.45, 2.75) is 18.9 Å². The number of methoxy groups -OCH3 is 1. The minimum atomic E-state index is -0.426. The highest BCUT2D eigenvalue weighted by molar-refractivity contribution is 6.07. The van der Waals surface area contributed by atoms with Crippen LogP contribution >= 0.6 is 0 Å². The number of carbonyl (C=O) groups excluding carboxylic acids is 2. The van der Waals surface area contributed by atoms with Gasteiger partial charge in [0, 0.05) is 12.2 Å². The molecule has 0 saturated carbocycles. The van der Waals surface area contributed by atoms with Crippen molar-refractivity contribution in [1.82, 2.24) is 0 Å². The maximum Gasteiger partial charge on any atom is 0.255 e. The Balaban J connectivity index is 1.71. The summed E-state index contributed by atoms with van der Waals surface area (Å²) >= 11 is 0. The standard InChI is InChI=1S/C19H20N2O4/c1-24-14-10-8-13(9-11-14)18(22)20-15-5-2-3-6-16(15)21-19(23)17-7-4-12-25-17/h2-3,5-6,8-11,17H,4,7,12H2,1H3,(H,20,22)(H,21,23). The summed E-state index contributed by atoms with van der Waals surface area (Å²) in [5, 5.41) is 5.65. The predicted molar refractivity (Wildman–Crippen MR) is 95.0 cm³/mol. The number of hydrogen-bond donors (Lipinski definition) is 2. The molecule has 2 aromatic carbocycles. The minimum absolute atomic E-state index is 0.191. The lowest BCUT2D eigenvalue weighted by Gasteiger charge is -2.14. The molecule has 0 aliphatic carbocycles. The first kappa shape index (κ1) is 17.0. The minimum Gasteiger partial charge on any atom is -0.497 e. The molecule has 6 nitrogen and oxygen atoms in total. The van der Waals surface area contributed by atoms with Crippen LogP contribution in [0.15, 0.2) is 48.5 Å². The summed E-state index contributed by atoms with van der Waals surface area (Å²) in [6.07, 6.45) is 1.17. The van der Waals surface area contributed by atoms with Gasteiger partial charge in [-0.1, -0.05) is 12.1 Å². The Morgan fingerprint density at radius 2 is 1.72 bits per heavy atom. The molecule has 0 bridgehead atoms. The van der Waals surface area contributed by atoms with E-state index in [9.17, 15) is 9.59 Å². The molecule has 1 aliphatic heterocycles. The van der Waals surface area contributed by atoms with Crippen molar-refractivity contribution in [3.05, 3.63) is 54.1 Å². The molecule has 1 aliphatic rings. The smallest absolute Gasteiger partial charge is 0.255 e. The van der Waals surface area contributed by atoms with Crippen molar-refractivity contribution in [3.8, 4) is 5.75 Å². The van der Waals surface area contributed by atoms with Gasteiger partial charge in [-0.25, -0.2) is 0 Å². The number of nitrogens with one attached hydrogen (secondary N) is 2. The van der Waals surface area contributed by atoms with Gasteiger partial charge in [0.25, 0.3) is 11.8 Å². The van der Waals surface area contributed by atoms with E-state index in [1.807, 2.05) is 0 Å². The van der Waals surface area contributed by atoms with Gasteiger partial charge in [-0.2, -0.15) is 0 Å². The summed E-state index contributed by atoms with van der Waals surface area (Å²) in [5.74, 6) is 0.228. The number of rotatable bonds is 5. The van der Waals surface area contributed by atoms with E-state index in [0.717, 1.165) is 6.42 Å². The second-order valence-electron chi connectivity index (χ2n) is 5.72. The summed E-state index contributed by atoms with van der Waals surface area (Å²) in [5.41, 5.74) is 1.58. The number of carbonyl (C=O) groups is 2. The van der Waals surface area contributed by atoms with Crippen molar-refractivity contribution in [1.29, 1.82) is 0 Å². The molecule has 6 heteroatoms. The largest absolute Gasteiger partial charge is 0.497 e. The Bertz CT molecular complexity index is 752. The van der Waals surface area contributed by atoms with Crippen LogP contribution in [-0.2, 0) is 9.53 Å². The first-order valence-electron chi connectivity index (χ1n) is 8.14. The fraction of sp³-hybridized carbons (Fsp3) is 0.263. The zero-order valence-corrected chi connectivity index (χ0v) is 14.0. The van der Waals surface area contributed by atoms with Crippen molar-refractivity contribution < 1.29 is 19.1 Å². The van der Waals surface area contributed by atoms with Gasteiger partial charge < -0.3 is 20.1 Å². The number of amides is 2. The predicted octanol–water partition coefficient (Wildman–Crippen LogP) is 3.07.